The van der Waals surface area contributed by atoms with Crippen LogP contribution < -0.4 is 10.2 Å². The lowest BCUT2D eigenvalue weighted by Gasteiger charge is -2.38. The van der Waals surface area contributed by atoms with Gasteiger partial charge in [0.25, 0.3) is 5.69 Å². The number of allylic oxidation sites excluding steroid dienone is 1. The van der Waals surface area contributed by atoms with E-state index in [-0.39, 0.29) is 23.1 Å². The summed E-state index contributed by atoms with van der Waals surface area (Å²) in [4.78, 5) is 60.2. The number of carbonyl (C=O) groups is 3. The number of para-hydroxylation sites is 1. The highest BCUT2D eigenvalue weighted by molar-refractivity contribution is 6.08. The topological polar surface area (TPSA) is 134 Å². The highest BCUT2D eigenvalue weighted by Crippen LogP contribution is 2.40. The van der Waals surface area contributed by atoms with Crippen molar-refractivity contribution in [2.75, 3.05) is 38.2 Å². The number of methoxy groups -OCH3 is 1. The van der Waals surface area contributed by atoms with Gasteiger partial charge in [0.15, 0.2) is 0 Å². The van der Waals surface area contributed by atoms with Crippen LogP contribution in [0.15, 0.2) is 70.9 Å². The van der Waals surface area contributed by atoms with Gasteiger partial charge in [0.1, 0.15) is 12.0 Å². The predicted octanol–water partition coefficient (Wildman–Crippen LogP) is 3.71. The lowest BCUT2D eigenvalue weighted by Crippen LogP contribution is -2.57. The van der Waals surface area contributed by atoms with E-state index in [0.717, 1.165) is 5.69 Å². The van der Waals surface area contributed by atoms with E-state index in [0.29, 0.717) is 43.2 Å². The van der Waals surface area contributed by atoms with Gasteiger partial charge in [0.2, 0.25) is 11.8 Å². The van der Waals surface area contributed by atoms with E-state index in [1.165, 1.54) is 25.3 Å². The number of hydrogen-bond acceptors (Lipinski definition) is 8. The van der Waals surface area contributed by atoms with E-state index < -0.39 is 34.7 Å². The normalized spacial score (nSPS) is 19.7. The Morgan fingerprint density at radius 3 is 2.29 bits per heavy atom. The van der Waals surface area contributed by atoms with Crippen LogP contribution in [-0.4, -0.2) is 72.6 Å². The molecule has 0 radical (unpaired) electrons. The number of non-ortho nitro benzene ring substituents is 1. The van der Waals surface area contributed by atoms with Crippen LogP contribution in [0.2, 0.25) is 0 Å². The maximum atomic E-state index is 14.0. The van der Waals surface area contributed by atoms with Gasteiger partial charge in [-0.2, -0.15) is 0 Å². The number of aliphatic imine (C=N–C) groups is 1. The maximum Gasteiger partial charge on any atom is 0.315 e. The second-order valence-electron chi connectivity index (χ2n) is 10.9. The molecular formula is C31H37N5O6. The summed E-state index contributed by atoms with van der Waals surface area (Å²) in [6, 6.07) is 15.1. The minimum atomic E-state index is -0.972. The molecular weight excluding hydrogens is 538 g/mol. The Bertz CT molecular complexity index is 1410. The van der Waals surface area contributed by atoms with Crippen LogP contribution in [0.1, 0.15) is 39.2 Å². The van der Waals surface area contributed by atoms with Crippen molar-refractivity contribution in [2.45, 2.75) is 39.7 Å². The van der Waals surface area contributed by atoms with Crippen molar-refractivity contribution in [3.05, 3.63) is 81.5 Å². The number of nitro groups is 1. The molecule has 0 saturated carbocycles. The second-order valence-corrected chi connectivity index (χ2v) is 10.9. The lowest BCUT2D eigenvalue weighted by atomic mass is 9.75. The van der Waals surface area contributed by atoms with Gasteiger partial charge in [-0.25, -0.2) is 0 Å². The molecule has 3 atom stereocenters. The summed E-state index contributed by atoms with van der Waals surface area (Å²) in [5.41, 5.74) is 2.31. The predicted molar refractivity (Wildman–Crippen MR) is 159 cm³/mol. The van der Waals surface area contributed by atoms with Crippen LogP contribution in [0.3, 0.4) is 0 Å². The molecule has 2 aromatic carbocycles. The number of nitro benzene ring substituents is 1. The van der Waals surface area contributed by atoms with Gasteiger partial charge in [0, 0.05) is 66.9 Å². The van der Waals surface area contributed by atoms with Gasteiger partial charge >= 0.3 is 5.97 Å². The molecule has 4 rings (SSSR count). The number of carbonyl (C=O) groups excluding carboxylic acids is 3. The van der Waals surface area contributed by atoms with Crippen LogP contribution in [0.25, 0.3) is 0 Å². The molecule has 42 heavy (non-hydrogen) atoms. The van der Waals surface area contributed by atoms with Crippen LogP contribution >= 0.6 is 0 Å². The van der Waals surface area contributed by atoms with Gasteiger partial charge in [-0.05, 0) is 37.5 Å². The highest BCUT2D eigenvalue weighted by atomic mass is 16.6. The fourth-order valence-electron chi connectivity index (χ4n) is 5.71. The average molecular weight is 576 g/mol. The van der Waals surface area contributed by atoms with Crippen molar-refractivity contribution in [1.29, 1.82) is 0 Å². The van der Waals surface area contributed by atoms with Gasteiger partial charge in [-0.1, -0.05) is 44.2 Å². The number of nitrogens with zero attached hydrogens (tertiary/aromatic N) is 4. The first-order chi connectivity index (χ1) is 20.0. The first-order valence-electron chi connectivity index (χ1n) is 14.0. The van der Waals surface area contributed by atoms with Crippen LogP contribution in [-0.2, 0) is 19.1 Å². The Hall–Kier alpha value is -4.54. The molecule has 1 saturated heterocycles. The molecule has 1 fully saturated rings. The first kappa shape index (κ1) is 30.4. The van der Waals surface area contributed by atoms with E-state index in [1.54, 1.807) is 24.8 Å². The quantitative estimate of drug-likeness (QED) is 0.288. The molecule has 2 heterocycles. The fraction of sp³-hybridized carbons (Fsp3) is 0.419. The largest absolute Gasteiger partial charge is 0.468 e. The zero-order valence-corrected chi connectivity index (χ0v) is 24.6. The lowest BCUT2D eigenvalue weighted by molar-refractivity contribution is -0.384. The van der Waals surface area contributed by atoms with Crippen LogP contribution in [0, 0.1) is 22.0 Å². The third-order valence-corrected chi connectivity index (χ3v) is 7.90. The zero-order valence-electron chi connectivity index (χ0n) is 24.6. The molecule has 222 valence electrons. The number of esters is 1. The number of ether oxygens (including phenoxy) is 1. The summed E-state index contributed by atoms with van der Waals surface area (Å²) in [5.74, 6) is -3.44. The van der Waals surface area contributed by atoms with Crippen molar-refractivity contribution in [2.24, 2.45) is 16.8 Å². The number of anilines is 1. The summed E-state index contributed by atoms with van der Waals surface area (Å²) >= 11 is 0. The number of hydrogen-bond donors (Lipinski definition) is 1. The number of nitrogens with one attached hydrogen (secondary N) is 1. The zero-order chi connectivity index (χ0) is 30.6. The number of rotatable bonds is 8. The molecule has 11 heteroatoms. The fourth-order valence-corrected chi connectivity index (χ4v) is 5.71. The summed E-state index contributed by atoms with van der Waals surface area (Å²) in [6.07, 6.45) is 0. The van der Waals surface area contributed by atoms with Crippen molar-refractivity contribution < 1.29 is 24.0 Å². The smallest absolute Gasteiger partial charge is 0.315 e. The summed E-state index contributed by atoms with van der Waals surface area (Å²) in [5, 5.41) is 14.5. The summed E-state index contributed by atoms with van der Waals surface area (Å²) in [7, 11) is 1.25. The molecule has 0 bridgehead atoms. The molecule has 1 N–H and O–H groups in total. The first-order valence-corrected chi connectivity index (χ1v) is 14.0. The van der Waals surface area contributed by atoms with Gasteiger partial charge in [-0.15, -0.1) is 0 Å². The SMILES string of the molecule is COC(=O)C1C(C)=NC(C)=C(C(=O)NC(C(=O)N2CCN(c3ccccc3)CC2)C(C)C)[C@@H]1c1cccc([N+](=O)[O-])c1. The van der Waals surface area contributed by atoms with Crippen molar-refractivity contribution >= 4 is 34.9 Å². The third-order valence-electron chi connectivity index (χ3n) is 7.90. The molecule has 0 aromatic heterocycles. The molecule has 0 spiro atoms. The minimum Gasteiger partial charge on any atom is -0.468 e. The molecule has 2 aliphatic heterocycles. The van der Waals surface area contributed by atoms with Crippen molar-refractivity contribution in [3.63, 3.8) is 0 Å². The highest BCUT2D eigenvalue weighted by Gasteiger charge is 2.43. The molecule has 2 amide bonds. The van der Waals surface area contributed by atoms with Gasteiger partial charge in [-0.3, -0.25) is 29.5 Å². The Kier molecular flexibility index (Phi) is 9.39. The Morgan fingerprint density at radius 1 is 1.02 bits per heavy atom. The molecule has 0 aliphatic carbocycles. The standard InChI is InChI=1S/C31H37N5O6/c1-19(2)28(30(38)35-16-14-34(15-17-35)23-11-7-6-8-12-23)33-29(37)25-20(3)32-21(4)26(31(39)42-5)27(25)22-10-9-13-24(18-22)36(40)41/h6-13,18-19,26-28H,14-17H2,1-5H3,(H,33,37)/t26?,27-,28?/m0/s1. The molecule has 2 aromatic rings. The molecule has 11 nitrogen and oxygen atoms in total. The Labute approximate surface area is 245 Å². The summed E-state index contributed by atoms with van der Waals surface area (Å²) < 4.78 is 5.06. The number of piperazine rings is 1. The average Bonchev–Trinajstić information content (AvgIpc) is 2.99. The van der Waals surface area contributed by atoms with E-state index in [4.69, 9.17) is 4.74 Å². The number of amides is 2. The van der Waals surface area contributed by atoms with Crippen LogP contribution in [0.4, 0.5) is 11.4 Å². The van der Waals surface area contributed by atoms with E-state index in [1.807, 2.05) is 44.2 Å². The van der Waals surface area contributed by atoms with Crippen molar-refractivity contribution in [3.8, 4) is 0 Å². The van der Waals surface area contributed by atoms with Gasteiger partial charge in [0.05, 0.1) is 12.0 Å². The number of benzene rings is 2. The third kappa shape index (κ3) is 6.35. The van der Waals surface area contributed by atoms with Crippen molar-refractivity contribution in [1.82, 2.24) is 10.2 Å². The Balaban J connectivity index is 1.61. The van der Waals surface area contributed by atoms with E-state index >= 15 is 0 Å². The second kappa shape index (κ2) is 13.0. The molecule has 2 unspecified atom stereocenters. The summed E-state index contributed by atoms with van der Waals surface area (Å²) in [6.45, 7) is 9.42. The van der Waals surface area contributed by atoms with E-state index in [9.17, 15) is 24.5 Å². The van der Waals surface area contributed by atoms with Gasteiger partial charge < -0.3 is 19.9 Å². The minimum absolute atomic E-state index is 0.168. The molecule has 2 aliphatic rings. The maximum absolute atomic E-state index is 14.0. The Morgan fingerprint density at radius 2 is 1.69 bits per heavy atom. The van der Waals surface area contributed by atoms with E-state index in [2.05, 4.69) is 15.2 Å². The van der Waals surface area contributed by atoms with Crippen LogP contribution in [0.5, 0.6) is 0 Å². The monoisotopic (exact) mass is 575 g/mol.